The molecule has 0 bridgehead atoms. The molecule has 2 atom stereocenters. The van der Waals surface area contributed by atoms with Crippen LogP contribution in [0.3, 0.4) is 0 Å². The maximum Gasteiger partial charge on any atom is 0.166 e. The Morgan fingerprint density at radius 1 is 1.54 bits per heavy atom. The molecule has 1 aliphatic rings. The third-order valence-corrected chi connectivity index (χ3v) is 2.84. The van der Waals surface area contributed by atoms with E-state index in [2.05, 4.69) is 17.6 Å². The molecule has 0 aliphatic heterocycles. The van der Waals surface area contributed by atoms with Gasteiger partial charge in [-0.15, -0.1) is 0 Å². The van der Waals surface area contributed by atoms with Crippen molar-refractivity contribution in [2.75, 3.05) is 13.2 Å². The first kappa shape index (κ1) is 10.7. The summed E-state index contributed by atoms with van der Waals surface area (Å²) < 4.78 is 0. The first-order valence-electron chi connectivity index (χ1n) is 4.89. The molecular weight excluding hydrogens is 184 g/mol. The van der Waals surface area contributed by atoms with Gasteiger partial charge in [-0.3, -0.25) is 0 Å². The van der Waals surface area contributed by atoms with E-state index >= 15 is 0 Å². The molecule has 1 unspecified atom stereocenters. The molecule has 0 aromatic heterocycles. The molecule has 0 aromatic carbocycles. The second-order valence-corrected chi connectivity index (χ2v) is 4.05. The summed E-state index contributed by atoms with van der Waals surface area (Å²) in [6, 6.07) is 0.527. The highest BCUT2D eigenvalue weighted by Crippen LogP contribution is 2.24. The lowest BCUT2D eigenvalue weighted by molar-refractivity contribution is 0.300. The first-order valence-corrected chi connectivity index (χ1v) is 5.30. The van der Waals surface area contributed by atoms with Gasteiger partial charge in [-0.25, -0.2) is 0 Å². The number of aliphatic hydroxyl groups excluding tert-OH is 1. The van der Waals surface area contributed by atoms with Crippen molar-refractivity contribution in [3.05, 3.63) is 0 Å². The summed E-state index contributed by atoms with van der Waals surface area (Å²) >= 11 is 5.08. The molecule has 0 amide bonds. The van der Waals surface area contributed by atoms with Crippen LogP contribution in [-0.2, 0) is 0 Å². The molecular formula is C9H18N2OS. The van der Waals surface area contributed by atoms with Crippen LogP contribution in [0.4, 0.5) is 0 Å². The molecule has 1 aliphatic carbocycles. The van der Waals surface area contributed by atoms with Gasteiger partial charge in [-0.05, 0) is 31.0 Å². The molecule has 0 heterocycles. The molecule has 0 spiro atoms. The lowest BCUT2D eigenvalue weighted by Crippen LogP contribution is -2.43. The van der Waals surface area contributed by atoms with E-state index in [0.29, 0.717) is 23.6 Å². The van der Waals surface area contributed by atoms with Crippen molar-refractivity contribution in [2.45, 2.75) is 32.2 Å². The maximum atomic E-state index is 8.58. The zero-order valence-corrected chi connectivity index (χ0v) is 8.86. The molecule has 13 heavy (non-hydrogen) atoms. The summed E-state index contributed by atoms with van der Waals surface area (Å²) in [6.45, 7) is 2.91. The van der Waals surface area contributed by atoms with Gasteiger partial charge in [-0.2, -0.15) is 0 Å². The lowest BCUT2D eigenvalue weighted by atomic mass is 10.1. The Hall–Kier alpha value is -0.350. The summed E-state index contributed by atoms with van der Waals surface area (Å²) in [7, 11) is 0. The van der Waals surface area contributed by atoms with Crippen LogP contribution in [0, 0.1) is 5.92 Å². The maximum absolute atomic E-state index is 8.58. The molecule has 4 heteroatoms. The van der Waals surface area contributed by atoms with Crippen molar-refractivity contribution in [2.24, 2.45) is 5.92 Å². The summed E-state index contributed by atoms with van der Waals surface area (Å²) in [6.07, 6.45) is 3.80. The number of thiocarbonyl (C=S) groups is 1. The molecule has 1 saturated carbocycles. The summed E-state index contributed by atoms with van der Waals surface area (Å²) in [4.78, 5) is 0. The lowest BCUT2D eigenvalue weighted by Gasteiger charge is -2.19. The van der Waals surface area contributed by atoms with Crippen molar-refractivity contribution in [1.29, 1.82) is 0 Å². The van der Waals surface area contributed by atoms with Gasteiger partial charge in [0.25, 0.3) is 0 Å². The quantitative estimate of drug-likeness (QED) is 0.587. The fraction of sp³-hybridized carbons (Fsp3) is 0.889. The summed E-state index contributed by atoms with van der Waals surface area (Å²) in [5.41, 5.74) is 0. The van der Waals surface area contributed by atoms with Crippen LogP contribution in [0.1, 0.15) is 26.2 Å². The zero-order valence-electron chi connectivity index (χ0n) is 8.05. The van der Waals surface area contributed by atoms with Gasteiger partial charge in [-0.1, -0.05) is 13.3 Å². The molecule has 76 valence electrons. The molecule has 3 nitrogen and oxygen atoms in total. The van der Waals surface area contributed by atoms with Crippen molar-refractivity contribution in [3.63, 3.8) is 0 Å². The predicted octanol–water partition coefficient (Wildman–Crippen LogP) is 0.631. The number of hydrogen-bond donors (Lipinski definition) is 3. The minimum atomic E-state index is 0.127. The van der Waals surface area contributed by atoms with E-state index in [1.165, 1.54) is 19.3 Å². The summed E-state index contributed by atoms with van der Waals surface area (Å²) in [5, 5.41) is 15.5. The van der Waals surface area contributed by atoms with E-state index in [1.807, 2.05) is 0 Å². The number of nitrogens with one attached hydrogen (secondary N) is 2. The Bertz CT molecular complexity index is 175. The van der Waals surface area contributed by atoms with Crippen LogP contribution >= 0.6 is 12.2 Å². The highest BCUT2D eigenvalue weighted by atomic mass is 32.1. The van der Waals surface area contributed by atoms with E-state index in [9.17, 15) is 0 Å². The second kappa shape index (κ2) is 5.40. The minimum Gasteiger partial charge on any atom is -0.395 e. The van der Waals surface area contributed by atoms with Gasteiger partial charge >= 0.3 is 0 Å². The smallest absolute Gasteiger partial charge is 0.166 e. The van der Waals surface area contributed by atoms with Crippen molar-refractivity contribution < 1.29 is 5.11 Å². The Morgan fingerprint density at radius 3 is 2.85 bits per heavy atom. The van der Waals surface area contributed by atoms with Crippen molar-refractivity contribution >= 4 is 17.3 Å². The van der Waals surface area contributed by atoms with Crippen LogP contribution in [0.2, 0.25) is 0 Å². The number of rotatable bonds is 3. The van der Waals surface area contributed by atoms with Gasteiger partial charge in [0.1, 0.15) is 0 Å². The third kappa shape index (κ3) is 3.48. The van der Waals surface area contributed by atoms with E-state index < -0.39 is 0 Å². The number of hydrogen-bond acceptors (Lipinski definition) is 2. The Morgan fingerprint density at radius 2 is 2.31 bits per heavy atom. The third-order valence-electron chi connectivity index (χ3n) is 2.58. The van der Waals surface area contributed by atoms with E-state index in [-0.39, 0.29) is 6.61 Å². The van der Waals surface area contributed by atoms with Crippen LogP contribution < -0.4 is 10.6 Å². The van der Waals surface area contributed by atoms with Crippen molar-refractivity contribution in [3.8, 4) is 0 Å². The molecule has 0 aromatic rings. The van der Waals surface area contributed by atoms with E-state index in [0.717, 1.165) is 0 Å². The van der Waals surface area contributed by atoms with Crippen LogP contribution in [0.15, 0.2) is 0 Å². The molecule has 0 radical (unpaired) electrons. The predicted molar refractivity (Wildman–Crippen MR) is 57.6 cm³/mol. The molecule has 3 N–H and O–H groups in total. The van der Waals surface area contributed by atoms with Crippen LogP contribution in [-0.4, -0.2) is 29.4 Å². The first-order chi connectivity index (χ1) is 6.24. The Balaban J connectivity index is 2.19. The Kier molecular flexibility index (Phi) is 4.45. The fourth-order valence-electron chi connectivity index (χ4n) is 1.75. The largest absolute Gasteiger partial charge is 0.395 e. The van der Waals surface area contributed by atoms with Crippen LogP contribution in [0.25, 0.3) is 0 Å². The van der Waals surface area contributed by atoms with Crippen LogP contribution in [0.5, 0.6) is 0 Å². The highest BCUT2D eigenvalue weighted by Gasteiger charge is 2.23. The number of aliphatic hydroxyl groups is 1. The highest BCUT2D eigenvalue weighted by molar-refractivity contribution is 7.80. The normalized spacial score (nSPS) is 27.2. The Labute approximate surface area is 84.9 Å². The standard InChI is InChI=1S/C9H18N2OS/c1-7-3-2-4-8(7)11-9(13)10-5-6-12/h7-8,12H,2-6H2,1H3,(H2,10,11,13)/t7-,8?/m1/s1. The van der Waals surface area contributed by atoms with Crippen molar-refractivity contribution in [1.82, 2.24) is 10.6 Å². The zero-order chi connectivity index (χ0) is 9.68. The molecule has 1 fully saturated rings. The van der Waals surface area contributed by atoms with Gasteiger partial charge in [0, 0.05) is 12.6 Å². The van der Waals surface area contributed by atoms with Gasteiger partial charge in [0.05, 0.1) is 6.61 Å². The molecule has 0 saturated heterocycles. The molecule has 1 rings (SSSR count). The minimum absolute atomic E-state index is 0.127. The summed E-state index contributed by atoms with van der Waals surface area (Å²) in [5.74, 6) is 0.717. The van der Waals surface area contributed by atoms with Gasteiger partial charge in [0.15, 0.2) is 5.11 Å². The van der Waals surface area contributed by atoms with Gasteiger partial charge < -0.3 is 15.7 Å². The topological polar surface area (TPSA) is 44.3 Å². The average molecular weight is 202 g/mol. The fourth-order valence-corrected chi connectivity index (χ4v) is 2.00. The van der Waals surface area contributed by atoms with E-state index in [4.69, 9.17) is 17.3 Å². The second-order valence-electron chi connectivity index (χ2n) is 3.64. The monoisotopic (exact) mass is 202 g/mol. The van der Waals surface area contributed by atoms with E-state index in [1.54, 1.807) is 0 Å². The SMILES string of the molecule is C[C@@H]1CCCC1NC(=S)NCCO. The van der Waals surface area contributed by atoms with Gasteiger partial charge in [0.2, 0.25) is 0 Å². The average Bonchev–Trinajstić information content (AvgIpc) is 2.48.